The van der Waals surface area contributed by atoms with Crippen molar-refractivity contribution in [2.45, 2.75) is 25.9 Å². The van der Waals surface area contributed by atoms with E-state index in [0.717, 1.165) is 5.56 Å². The predicted octanol–water partition coefficient (Wildman–Crippen LogP) is 3.36. The Hall–Kier alpha value is -2.82. The molecule has 0 fully saturated rings. The molecule has 1 unspecified atom stereocenters. The van der Waals surface area contributed by atoms with E-state index in [9.17, 15) is 14.7 Å². The first-order valence-corrected chi connectivity index (χ1v) is 7.86. The van der Waals surface area contributed by atoms with Crippen LogP contribution in [0.1, 0.15) is 37.0 Å². The van der Waals surface area contributed by atoms with Gasteiger partial charge in [0.15, 0.2) is 0 Å². The fourth-order valence-electron chi connectivity index (χ4n) is 2.78. The molecule has 1 N–H and O–H groups in total. The van der Waals surface area contributed by atoms with Crippen molar-refractivity contribution in [2.75, 3.05) is 11.4 Å². The van der Waals surface area contributed by atoms with Crippen molar-refractivity contribution in [1.82, 2.24) is 0 Å². The Kier molecular flexibility index (Phi) is 4.25. The summed E-state index contributed by atoms with van der Waals surface area (Å²) in [6.07, 6.45) is -0.831. The summed E-state index contributed by atoms with van der Waals surface area (Å²) in [5, 5.41) is 9.21. The lowest BCUT2D eigenvalue weighted by Crippen LogP contribution is -2.43. The van der Waals surface area contributed by atoms with Gasteiger partial charge in [-0.25, -0.2) is 0 Å². The minimum absolute atomic E-state index is 0.268. The lowest BCUT2D eigenvalue weighted by molar-refractivity contribution is -0.138. The fraction of sp³-hybridized carbons (Fsp3) is 0.263. The van der Waals surface area contributed by atoms with Gasteiger partial charge in [-0.2, -0.15) is 0 Å². The molecule has 5 heteroatoms. The molecule has 3 rings (SSSR count). The Bertz CT molecular complexity index is 770. The van der Waals surface area contributed by atoms with Crippen LogP contribution in [-0.2, 0) is 9.59 Å². The van der Waals surface area contributed by atoms with Crippen LogP contribution in [0, 0.1) is 0 Å². The number of fused-ring (bicyclic) bond motifs is 1. The molecule has 0 spiro atoms. The molecule has 0 radical (unpaired) electrons. The molecule has 24 heavy (non-hydrogen) atoms. The predicted molar refractivity (Wildman–Crippen MR) is 90.3 cm³/mol. The van der Waals surface area contributed by atoms with Gasteiger partial charge in [0.2, 0.25) is 6.10 Å². The summed E-state index contributed by atoms with van der Waals surface area (Å²) in [6.45, 7) is 3.70. The first kappa shape index (κ1) is 16.1. The highest BCUT2D eigenvalue weighted by atomic mass is 16.5. The molecule has 0 bridgehead atoms. The summed E-state index contributed by atoms with van der Waals surface area (Å²) < 4.78 is 5.89. The maximum absolute atomic E-state index is 12.8. The highest BCUT2D eigenvalue weighted by molar-refractivity contribution is 6.03. The summed E-state index contributed by atoms with van der Waals surface area (Å²) in [5.41, 5.74) is 2.25. The summed E-state index contributed by atoms with van der Waals surface area (Å²) in [6, 6.07) is 14.7. The van der Waals surface area contributed by atoms with E-state index < -0.39 is 12.1 Å². The lowest BCUT2D eigenvalue weighted by atomic mass is 10.00. The number of nitrogens with zero attached hydrogens (tertiary/aromatic N) is 1. The Morgan fingerprint density at radius 3 is 2.54 bits per heavy atom. The summed E-state index contributed by atoms with van der Waals surface area (Å²) in [5.74, 6) is -0.631. The Morgan fingerprint density at radius 1 is 1.21 bits per heavy atom. The molecule has 1 atom stereocenters. The zero-order valence-electron chi connectivity index (χ0n) is 13.6. The SMILES string of the molecule is CC(C)c1ccc2c(c1)N(CC(=O)O)C(=O)C(c1ccccc1)O2. The van der Waals surface area contributed by atoms with E-state index in [-0.39, 0.29) is 18.4 Å². The molecule has 0 aliphatic carbocycles. The van der Waals surface area contributed by atoms with Crippen LogP contribution in [0.25, 0.3) is 0 Å². The van der Waals surface area contributed by atoms with Gasteiger partial charge in [-0.3, -0.25) is 14.5 Å². The minimum atomic E-state index is -1.06. The third-order valence-electron chi connectivity index (χ3n) is 4.07. The number of hydrogen-bond acceptors (Lipinski definition) is 3. The Balaban J connectivity index is 2.07. The van der Waals surface area contributed by atoms with Crippen LogP contribution in [0.4, 0.5) is 5.69 Å². The average molecular weight is 325 g/mol. The van der Waals surface area contributed by atoms with Crippen LogP contribution in [-0.4, -0.2) is 23.5 Å². The second-order valence-corrected chi connectivity index (χ2v) is 6.11. The zero-order chi connectivity index (χ0) is 17.3. The van der Waals surface area contributed by atoms with Gasteiger partial charge in [-0.05, 0) is 23.6 Å². The topological polar surface area (TPSA) is 66.8 Å². The van der Waals surface area contributed by atoms with Crippen molar-refractivity contribution < 1.29 is 19.4 Å². The maximum Gasteiger partial charge on any atom is 0.323 e. The second kappa shape index (κ2) is 6.35. The number of rotatable bonds is 4. The number of carboxylic acid groups (broad SMARTS) is 1. The lowest BCUT2D eigenvalue weighted by Gasteiger charge is -2.34. The smallest absolute Gasteiger partial charge is 0.323 e. The van der Waals surface area contributed by atoms with Gasteiger partial charge in [0.05, 0.1) is 5.69 Å². The van der Waals surface area contributed by atoms with Crippen molar-refractivity contribution in [1.29, 1.82) is 0 Å². The van der Waals surface area contributed by atoms with E-state index in [1.54, 1.807) is 12.1 Å². The summed E-state index contributed by atoms with van der Waals surface area (Å²) in [4.78, 5) is 25.4. The van der Waals surface area contributed by atoms with Gasteiger partial charge in [-0.1, -0.05) is 50.2 Å². The quantitative estimate of drug-likeness (QED) is 0.936. The third kappa shape index (κ3) is 2.97. The van der Waals surface area contributed by atoms with Crippen LogP contribution >= 0.6 is 0 Å². The van der Waals surface area contributed by atoms with E-state index in [2.05, 4.69) is 0 Å². The molecular formula is C19H19NO4. The molecular weight excluding hydrogens is 306 g/mol. The van der Waals surface area contributed by atoms with E-state index in [0.29, 0.717) is 17.0 Å². The molecule has 0 saturated heterocycles. The van der Waals surface area contributed by atoms with E-state index in [1.165, 1.54) is 4.90 Å². The molecule has 0 saturated carbocycles. The van der Waals surface area contributed by atoms with Crippen LogP contribution in [0.2, 0.25) is 0 Å². The van der Waals surface area contributed by atoms with Crippen molar-refractivity contribution >= 4 is 17.6 Å². The molecule has 0 aromatic heterocycles. The normalized spacial score (nSPS) is 16.7. The number of amides is 1. The first-order valence-electron chi connectivity index (χ1n) is 7.86. The van der Waals surface area contributed by atoms with Gasteiger partial charge in [0.25, 0.3) is 5.91 Å². The van der Waals surface area contributed by atoms with Crippen LogP contribution in [0.15, 0.2) is 48.5 Å². The fourth-order valence-corrected chi connectivity index (χ4v) is 2.78. The number of ether oxygens (including phenoxy) is 1. The monoisotopic (exact) mass is 325 g/mol. The number of carbonyl (C=O) groups is 2. The van der Waals surface area contributed by atoms with Crippen LogP contribution < -0.4 is 9.64 Å². The number of aliphatic carboxylic acids is 1. The van der Waals surface area contributed by atoms with Crippen molar-refractivity contribution in [3.63, 3.8) is 0 Å². The van der Waals surface area contributed by atoms with Crippen molar-refractivity contribution in [2.24, 2.45) is 0 Å². The summed E-state index contributed by atoms with van der Waals surface area (Å²) >= 11 is 0. The standard InChI is InChI=1S/C19H19NO4/c1-12(2)14-8-9-16-15(10-14)20(11-17(21)22)19(23)18(24-16)13-6-4-3-5-7-13/h3-10,12,18H,11H2,1-2H3,(H,21,22). The molecule has 2 aromatic carbocycles. The second-order valence-electron chi connectivity index (χ2n) is 6.11. The average Bonchev–Trinajstić information content (AvgIpc) is 2.57. The van der Waals surface area contributed by atoms with Crippen LogP contribution in [0.3, 0.4) is 0 Å². The van der Waals surface area contributed by atoms with E-state index in [4.69, 9.17) is 4.74 Å². The molecule has 2 aromatic rings. The van der Waals surface area contributed by atoms with Gasteiger partial charge >= 0.3 is 5.97 Å². The summed E-state index contributed by atoms with van der Waals surface area (Å²) in [7, 11) is 0. The minimum Gasteiger partial charge on any atom is -0.480 e. The van der Waals surface area contributed by atoms with Gasteiger partial charge in [-0.15, -0.1) is 0 Å². The Morgan fingerprint density at radius 2 is 1.92 bits per heavy atom. The van der Waals surface area contributed by atoms with Gasteiger partial charge in [0, 0.05) is 5.56 Å². The molecule has 1 amide bonds. The molecule has 1 aliphatic rings. The van der Waals surface area contributed by atoms with E-state index >= 15 is 0 Å². The largest absolute Gasteiger partial charge is 0.480 e. The highest BCUT2D eigenvalue weighted by Gasteiger charge is 2.36. The number of carbonyl (C=O) groups excluding carboxylic acids is 1. The van der Waals surface area contributed by atoms with Gasteiger partial charge in [0.1, 0.15) is 12.3 Å². The van der Waals surface area contributed by atoms with Crippen LogP contribution in [0.5, 0.6) is 5.75 Å². The third-order valence-corrected chi connectivity index (χ3v) is 4.07. The molecule has 5 nitrogen and oxygen atoms in total. The Labute approximate surface area is 140 Å². The first-order chi connectivity index (χ1) is 11.5. The number of benzene rings is 2. The number of carboxylic acids is 1. The molecule has 124 valence electrons. The number of anilines is 1. The van der Waals surface area contributed by atoms with Gasteiger partial charge < -0.3 is 9.84 Å². The van der Waals surface area contributed by atoms with E-state index in [1.807, 2.05) is 50.2 Å². The highest BCUT2D eigenvalue weighted by Crippen LogP contribution is 2.40. The molecule has 1 heterocycles. The number of hydrogen-bond donors (Lipinski definition) is 1. The van der Waals surface area contributed by atoms with Crippen molar-refractivity contribution in [3.05, 3.63) is 59.7 Å². The zero-order valence-corrected chi connectivity index (χ0v) is 13.6. The maximum atomic E-state index is 12.8. The van der Waals surface area contributed by atoms with Crippen molar-refractivity contribution in [3.8, 4) is 5.75 Å². The molecule has 1 aliphatic heterocycles.